The molecule has 132 valence electrons. The van der Waals surface area contributed by atoms with Gasteiger partial charge in [-0.1, -0.05) is 13.8 Å². The van der Waals surface area contributed by atoms with Crippen LogP contribution in [0.2, 0.25) is 0 Å². The fraction of sp³-hybridized carbons (Fsp3) is 0.333. The number of carbonyl (C=O) groups excluding carboxylic acids is 1. The molecule has 0 unspecified atom stereocenters. The van der Waals surface area contributed by atoms with E-state index in [1.165, 1.54) is 12.3 Å². The molecule has 7 heteroatoms. The van der Waals surface area contributed by atoms with Crippen LogP contribution in [0.5, 0.6) is 0 Å². The highest BCUT2D eigenvalue weighted by atomic mass is 19.1. The number of benzene rings is 1. The molecule has 3 rings (SSSR count). The number of hydrogen-bond acceptors (Lipinski definition) is 4. The zero-order valence-corrected chi connectivity index (χ0v) is 14.3. The van der Waals surface area contributed by atoms with Gasteiger partial charge in [0, 0.05) is 30.2 Å². The van der Waals surface area contributed by atoms with Crippen molar-refractivity contribution in [3.8, 4) is 0 Å². The third-order valence-corrected chi connectivity index (χ3v) is 4.34. The van der Waals surface area contributed by atoms with Gasteiger partial charge in [-0.2, -0.15) is 0 Å². The number of fused-ring (bicyclic) bond motifs is 1. The second-order valence-corrected chi connectivity index (χ2v) is 6.74. The fourth-order valence-corrected chi connectivity index (χ4v) is 2.78. The third-order valence-electron chi connectivity index (χ3n) is 4.34. The smallest absolute Gasteiger partial charge is 0.255 e. The topological polar surface area (TPSA) is 80.3 Å². The number of imidazole rings is 1. The second-order valence-electron chi connectivity index (χ2n) is 6.74. The summed E-state index contributed by atoms with van der Waals surface area (Å²) in [5.74, 6) is -0.414. The first kappa shape index (κ1) is 17.2. The van der Waals surface area contributed by atoms with Gasteiger partial charge in [-0.05, 0) is 18.2 Å². The van der Waals surface area contributed by atoms with Crippen LogP contribution in [0, 0.1) is 11.2 Å². The summed E-state index contributed by atoms with van der Waals surface area (Å²) in [7, 11) is 1.81. The number of aliphatic hydroxyl groups excluding tert-OH is 1. The summed E-state index contributed by atoms with van der Waals surface area (Å²) in [6.45, 7) is 3.48. The molecule has 0 aliphatic heterocycles. The van der Waals surface area contributed by atoms with Crippen molar-refractivity contribution in [3.05, 3.63) is 54.1 Å². The number of hydrogen-bond donors (Lipinski definition) is 2. The van der Waals surface area contributed by atoms with E-state index in [2.05, 4.69) is 10.3 Å². The van der Waals surface area contributed by atoms with E-state index in [1.807, 2.05) is 20.9 Å². The molecule has 0 saturated heterocycles. The van der Waals surface area contributed by atoms with Crippen molar-refractivity contribution in [2.75, 3.05) is 6.61 Å². The Bertz CT molecular complexity index is 913. The third kappa shape index (κ3) is 3.15. The number of halogens is 1. The Balaban J connectivity index is 2.00. The molecule has 1 atom stereocenters. The average molecular weight is 345 g/mol. The number of aromatic nitrogens is 2. The van der Waals surface area contributed by atoms with E-state index < -0.39 is 23.2 Å². The SMILES string of the molecule is Cn1ccnc1[C@@H](NC(=O)c1cc(F)cc2ccoc12)C(C)(C)CO. The van der Waals surface area contributed by atoms with Crippen LogP contribution in [-0.4, -0.2) is 27.2 Å². The molecular formula is C18H20FN3O3. The summed E-state index contributed by atoms with van der Waals surface area (Å²) >= 11 is 0. The van der Waals surface area contributed by atoms with E-state index in [-0.39, 0.29) is 12.2 Å². The highest BCUT2D eigenvalue weighted by Gasteiger charge is 2.35. The Morgan fingerprint density at radius 1 is 1.48 bits per heavy atom. The van der Waals surface area contributed by atoms with Crippen molar-refractivity contribution in [3.63, 3.8) is 0 Å². The lowest BCUT2D eigenvalue weighted by Crippen LogP contribution is -2.41. The average Bonchev–Trinajstić information content (AvgIpc) is 3.20. The monoisotopic (exact) mass is 345 g/mol. The molecule has 2 heterocycles. The van der Waals surface area contributed by atoms with Gasteiger partial charge in [-0.15, -0.1) is 0 Å². The number of nitrogens with zero attached hydrogens (tertiary/aromatic N) is 2. The first-order valence-corrected chi connectivity index (χ1v) is 7.89. The highest BCUT2D eigenvalue weighted by molar-refractivity contribution is 6.05. The molecule has 3 aromatic rings. The number of aryl methyl sites for hydroxylation is 1. The van der Waals surface area contributed by atoms with Gasteiger partial charge in [-0.25, -0.2) is 9.37 Å². The van der Waals surface area contributed by atoms with Gasteiger partial charge in [0.25, 0.3) is 5.91 Å². The lowest BCUT2D eigenvalue weighted by atomic mass is 9.84. The maximum absolute atomic E-state index is 13.8. The van der Waals surface area contributed by atoms with Crippen molar-refractivity contribution in [1.82, 2.24) is 14.9 Å². The van der Waals surface area contributed by atoms with Crippen molar-refractivity contribution in [2.45, 2.75) is 19.9 Å². The largest absolute Gasteiger partial charge is 0.464 e. The Labute approximate surface area is 144 Å². The molecule has 0 radical (unpaired) electrons. The fourth-order valence-electron chi connectivity index (χ4n) is 2.78. The minimum absolute atomic E-state index is 0.105. The van der Waals surface area contributed by atoms with Crippen molar-refractivity contribution in [1.29, 1.82) is 0 Å². The number of amides is 1. The minimum atomic E-state index is -0.676. The summed E-state index contributed by atoms with van der Waals surface area (Å²) in [5.41, 5.74) is -0.253. The number of rotatable bonds is 5. The van der Waals surface area contributed by atoms with Gasteiger partial charge in [0.15, 0.2) is 0 Å². The zero-order valence-electron chi connectivity index (χ0n) is 14.3. The molecule has 0 saturated carbocycles. The van der Waals surface area contributed by atoms with Gasteiger partial charge in [0.1, 0.15) is 17.2 Å². The first-order valence-electron chi connectivity index (χ1n) is 7.89. The summed E-state index contributed by atoms with van der Waals surface area (Å²) < 4.78 is 20.9. The highest BCUT2D eigenvalue weighted by Crippen LogP contribution is 2.32. The second kappa shape index (κ2) is 6.33. The molecule has 1 amide bonds. The lowest BCUT2D eigenvalue weighted by molar-refractivity contribution is 0.0790. The van der Waals surface area contributed by atoms with Gasteiger partial charge in [0.05, 0.1) is 24.5 Å². The van der Waals surface area contributed by atoms with Crippen LogP contribution in [0.15, 0.2) is 41.3 Å². The molecule has 0 fully saturated rings. The van der Waals surface area contributed by atoms with Crippen LogP contribution in [0.4, 0.5) is 4.39 Å². The first-order chi connectivity index (χ1) is 11.8. The van der Waals surface area contributed by atoms with E-state index >= 15 is 0 Å². The summed E-state index contributed by atoms with van der Waals surface area (Å²) in [4.78, 5) is 17.1. The van der Waals surface area contributed by atoms with E-state index in [1.54, 1.807) is 23.0 Å². The van der Waals surface area contributed by atoms with Crippen LogP contribution >= 0.6 is 0 Å². The molecule has 0 aliphatic rings. The van der Waals surface area contributed by atoms with Crippen LogP contribution < -0.4 is 5.32 Å². The molecule has 2 N–H and O–H groups in total. The number of aliphatic hydroxyl groups is 1. The quantitative estimate of drug-likeness (QED) is 0.745. The zero-order chi connectivity index (χ0) is 18.2. The van der Waals surface area contributed by atoms with Crippen LogP contribution in [0.25, 0.3) is 11.0 Å². The molecule has 6 nitrogen and oxygen atoms in total. The maximum atomic E-state index is 13.8. The number of carbonyl (C=O) groups is 1. The van der Waals surface area contributed by atoms with Crippen molar-refractivity contribution < 1.29 is 18.7 Å². The molecule has 1 aromatic carbocycles. The summed E-state index contributed by atoms with van der Waals surface area (Å²) in [6.07, 6.45) is 4.79. The molecular weight excluding hydrogens is 325 g/mol. The lowest BCUT2D eigenvalue weighted by Gasteiger charge is -2.32. The van der Waals surface area contributed by atoms with E-state index in [0.29, 0.717) is 16.8 Å². The number of nitrogens with one attached hydrogen (secondary N) is 1. The Kier molecular flexibility index (Phi) is 4.34. The molecule has 0 aliphatic carbocycles. The molecule has 25 heavy (non-hydrogen) atoms. The Morgan fingerprint density at radius 2 is 2.24 bits per heavy atom. The Morgan fingerprint density at radius 3 is 2.88 bits per heavy atom. The summed E-state index contributed by atoms with van der Waals surface area (Å²) in [5, 5.41) is 13.1. The molecule has 2 aromatic heterocycles. The van der Waals surface area contributed by atoms with Crippen LogP contribution in [0.1, 0.15) is 36.1 Å². The maximum Gasteiger partial charge on any atom is 0.255 e. The van der Waals surface area contributed by atoms with Crippen LogP contribution in [0.3, 0.4) is 0 Å². The predicted octanol–water partition coefficient (Wildman–Crippen LogP) is 2.80. The van der Waals surface area contributed by atoms with E-state index in [9.17, 15) is 14.3 Å². The van der Waals surface area contributed by atoms with E-state index in [4.69, 9.17) is 4.42 Å². The predicted molar refractivity (Wildman–Crippen MR) is 90.5 cm³/mol. The normalized spacial score (nSPS) is 13.2. The van der Waals surface area contributed by atoms with Gasteiger partial charge in [-0.3, -0.25) is 4.79 Å². The van der Waals surface area contributed by atoms with Gasteiger partial charge in [0.2, 0.25) is 0 Å². The molecule has 0 spiro atoms. The van der Waals surface area contributed by atoms with Gasteiger partial charge >= 0.3 is 0 Å². The number of furan rings is 1. The molecule has 0 bridgehead atoms. The summed E-state index contributed by atoms with van der Waals surface area (Å²) in [6, 6.07) is 3.48. The van der Waals surface area contributed by atoms with Gasteiger partial charge < -0.3 is 19.4 Å². The van der Waals surface area contributed by atoms with Crippen LogP contribution in [-0.2, 0) is 7.05 Å². The van der Waals surface area contributed by atoms with Crippen molar-refractivity contribution >= 4 is 16.9 Å². The Hall–Kier alpha value is -2.67. The van der Waals surface area contributed by atoms with Crippen molar-refractivity contribution in [2.24, 2.45) is 12.5 Å². The standard InChI is InChI=1S/C18H20FN3O3/c1-18(2,10-23)15(16-20-5-6-22(16)3)21-17(24)13-9-12(19)8-11-4-7-25-14(11)13/h4-9,15,23H,10H2,1-3H3,(H,21,24)/t15-/m1/s1. The van der Waals surface area contributed by atoms with E-state index in [0.717, 1.165) is 6.07 Å². The minimum Gasteiger partial charge on any atom is -0.464 e.